The summed E-state index contributed by atoms with van der Waals surface area (Å²) < 4.78 is 1.60. The molecular formula is C13H15N3O3. The van der Waals surface area contributed by atoms with Crippen LogP contribution in [0.3, 0.4) is 0 Å². The Labute approximate surface area is 110 Å². The molecule has 0 fully saturated rings. The first kappa shape index (κ1) is 13.1. The average molecular weight is 261 g/mol. The molecule has 0 saturated carbocycles. The van der Waals surface area contributed by atoms with Gasteiger partial charge in [0.1, 0.15) is 5.75 Å². The highest BCUT2D eigenvalue weighted by Gasteiger charge is 2.18. The number of hydrogen-bond donors (Lipinski definition) is 2. The van der Waals surface area contributed by atoms with Crippen LogP contribution in [0.15, 0.2) is 24.3 Å². The van der Waals surface area contributed by atoms with E-state index < -0.39 is 5.97 Å². The number of aromatic hydroxyl groups is 1. The molecule has 6 nitrogen and oxygen atoms in total. The van der Waals surface area contributed by atoms with Crippen molar-refractivity contribution in [3.63, 3.8) is 0 Å². The Hall–Kier alpha value is -2.37. The van der Waals surface area contributed by atoms with Crippen LogP contribution in [0.1, 0.15) is 35.1 Å². The quantitative estimate of drug-likeness (QED) is 0.854. The minimum atomic E-state index is -1.06. The van der Waals surface area contributed by atoms with Gasteiger partial charge in [0.05, 0.1) is 12.2 Å². The van der Waals surface area contributed by atoms with Crippen LogP contribution in [0, 0.1) is 0 Å². The van der Waals surface area contributed by atoms with Crippen molar-refractivity contribution in [1.29, 1.82) is 0 Å². The van der Waals surface area contributed by atoms with E-state index in [1.165, 1.54) is 0 Å². The highest BCUT2D eigenvalue weighted by molar-refractivity contribution is 5.86. The summed E-state index contributed by atoms with van der Waals surface area (Å²) in [5.74, 6) is -0.859. The minimum absolute atomic E-state index is 0.0145. The zero-order valence-electron chi connectivity index (χ0n) is 10.6. The second-order valence-electron chi connectivity index (χ2n) is 4.26. The first-order valence-corrected chi connectivity index (χ1v) is 6.05. The maximum atomic E-state index is 11.1. The number of phenolic OH excluding ortho intramolecular Hbond substituents is 1. The Morgan fingerprint density at radius 2 is 2.00 bits per heavy atom. The predicted molar refractivity (Wildman–Crippen MR) is 68.2 cm³/mol. The number of phenols is 1. The fraction of sp³-hybridized carbons (Fsp3) is 0.308. The number of nitrogens with zero attached hydrogens (tertiary/aromatic N) is 3. The first-order valence-electron chi connectivity index (χ1n) is 6.05. The number of aromatic carboxylic acids is 1. The Morgan fingerprint density at radius 1 is 1.32 bits per heavy atom. The van der Waals surface area contributed by atoms with Crippen molar-refractivity contribution in [2.75, 3.05) is 0 Å². The van der Waals surface area contributed by atoms with Crippen molar-refractivity contribution in [3.8, 4) is 5.75 Å². The SMILES string of the molecule is CCCc1c(C(=O)O)nnn1Cc1ccc(O)cc1. The Kier molecular flexibility index (Phi) is 3.79. The molecule has 0 atom stereocenters. The van der Waals surface area contributed by atoms with Crippen LogP contribution in [0.5, 0.6) is 5.75 Å². The van der Waals surface area contributed by atoms with Gasteiger partial charge < -0.3 is 10.2 Å². The maximum absolute atomic E-state index is 11.1. The lowest BCUT2D eigenvalue weighted by molar-refractivity contribution is 0.0689. The van der Waals surface area contributed by atoms with E-state index >= 15 is 0 Å². The van der Waals surface area contributed by atoms with Crippen molar-refractivity contribution in [2.45, 2.75) is 26.3 Å². The van der Waals surface area contributed by atoms with E-state index in [0.717, 1.165) is 12.0 Å². The molecule has 0 aliphatic carbocycles. The maximum Gasteiger partial charge on any atom is 0.358 e. The van der Waals surface area contributed by atoms with Crippen molar-refractivity contribution in [1.82, 2.24) is 15.0 Å². The standard InChI is InChI=1S/C13H15N3O3/c1-2-3-11-12(13(18)19)14-15-16(11)8-9-4-6-10(17)7-5-9/h4-7,17H,2-3,8H2,1H3,(H,18,19). The second-order valence-corrected chi connectivity index (χ2v) is 4.26. The van der Waals surface area contributed by atoms with Crippen LogP contribution >= 0.6 is 0 Å². The van der Waals surface area contributed by atoms with Crippen molar-refractivity contribution in [2.24, 2.45) is 0 Å². The predicted octanol–water partition coefficient (Wildman–Crippen LogP) is 1.68. The van der Waals surface area contributed by atoms with Gasteiger partial charge >= 0.3 is 5.97 Å². The zero-order chi connectivity index (χ0) is 13.8. The van der Waals surface area contributed by atoms with E-state index in [1.54, 1.807) is 28.9 Å². The third-order valence-corrected chi connectivity index (χ3v) is 2.80. The van der Waals surface area contributed by atoms with Crippen LogP contribution in [0.2, 0.25) is 0 Å². The normalized spacial score (nSPS) is 10.6. The molecule has 0 radical (unpaired) electrons. The van der Waals surface area contributed by atoms with Crippen molar-refractivity contribution in [3.05, 3.63) is 41.2 Å². The molecule has 0 bridgehead atoms. The molecule has 2 N–H and O–H groups in total. The van der Waals surface area contributed by atoms with Crippen molar-refractivity contribution >= 4 is 5.97 Å². The van der Waals surface area contributed by atoms with E-state index in [0.29, 0.717) is 18.7 Å². The van der Waals surface area contributed by atoms with Crippen LogP contribution in [-0.4, -0.2) is 31.2 Å². The van der Waals surface area contributed by atoms with Crippen LogP contribution in [0.4, 0.5) is 0 Å². The molecule has 2 aromatic rings. The minimum Gasteiger partial charge on any atom is -0.508 e. The van der Waals surface area contributed by atoms with E-state index in [-0.39, 0.29) is 11.4 Å². The summed E-state index contributed by atoms with van der Waals surface area (Å²) in [4.78, 5) is 11.1. The Bertz CT molecular complexity index is 575. The largest absolute Gasteiger partial charge is 0.508 e. The Morgan fingerprint density at radius 3 is 2.58 bits per heavy atom. The van der Waals surface area contributed by atoms with Gasteiger partial charge in [0.25, 0.3) is 0 Å². The van der Waals surface area contributed by atoms with Gasteiger partial charge in [-0.15, -0.1) is 5.10 Å². The molecule has 0 saturated heterocycles. The van der Waals surface area contributed by atoms with Gasteiger partial charge in [0.15, 0.2) is 5.69 Å². The van der Waals surface area contributed by atoms with Gasteiger partial charge in [-0.3, -0.25) is 0 Å². The van der Waals surface area contributed by atoms with Gasteiger partial charge in [-0.1, -0.05) is 30.7 Å². The molecule has 100 valence electrons. The smallest absolute Gasteiger partial charge is 0.358 e. The fourth-order valence-electron chi connectivity index (χ4n) is 1.88. The molecule has 19 heavy (non-hydrogen) atoms. The van der Waals surface area contributed by atoms with Crippen LogP contribution in [-0.2, 0) is 13.0 Å². The summed E-state index contributed by atoms with van der Waals surface area (Å²) in [6.07, 6.45) is 1.44. The molecule has 1 heterocycles. The number of carboxylic acid groups (broad SMARTS) is 1. The topological polar surface area (TPSA) is 88.2 Å². The molecule has 6 heteroatoms. The fourth-order valence-corrected chi connectivity index (χ4v) is 1.88. The first-order chi connectivity index (χ1) is 9.11. The third-order valence-electron chi connectivity index (χ3n) is 2.80. The van der Waals surface area contributed by atoms with E-state index in [2.05, 4.69) is 10.3 Å². The lowest BCUT2D eigenvalue weighted by Gasteiger charge is -2.06. The van der Waals surface area contributed by atoms with E-state index in [1.807, 2.05) is 6.92 Å². The van der Waals surface area contributed by atoms with Gasteiger partial charge in [0.2, 0.25) is 0 Å². The highest BCUT2D eigenvalue weighted by Crippen LogP contribution is 2.14. The van der Waals surface area contributed by atoms with E-state index in [9.17, 15) is 9.90 Å². The van der Waals surface area contributed by atoms with Gasteiger partial charge in [-0.05, 0) is 24.1 Å². The molecule has 0 amide bonds. The summed E-state index contributed by atoms with van der Waals surface area (Å²) in [7, 11) is 0. The molecule has 1 aromatic heterocycles. The molecule has 0 unspecified atom stereocenters. The molecular weight excluding hydrogens is 246 g/mol. The molecule has 0 aliphatic heterocycles. The third kappa shape index (κ3) is 2.90. The number of aromatic nitrogens is 3. The lowest BCUT2D eigenvalue weighted by atomic mass is 10.2. The number of carbonyl (C=O) groups is 1. The number of benzene rings is 1. The van der Waals surface area contributed by atoms with E-state index in [4.69, 9.17) is 5.11 Å². The summed E-state index contributed by atoms with van der Waals surface area (Å²) in [6.45, 7) is 2.42. The number of carboxylic acids is 1. The summed E-state index contributed by atoms with van der Waals surface area (Å²) >= 11 is 0. The zero-order valence-corrected chi connectivity index (χ0v) is 10.6. The van der Waals surface area contributed by atoms with Gasteiger partial charge in [0, 0.05) is 0 Å². The summed E-state index contributed by atoms with van der Waals surface area (Å²) in [5, 5.41) is 25.9. The molecule has 2 rings (SSSR count). The monoisotopic (exact) mass is 261 g/mol. The molecule has 0 aliphatic rings. The van der Waals surface area contributed by atoms with Crippen LogP contribution in [0.25, 0.3) is 0 Å². The van der Waals surface area contributed by atoms with Crippen LogP contribution < -0.4 is 0 Å². The van der Waals surface area contributed by atoms with Gasteiger partial charge in [-0.25, -0.2) is 9.48 Å². The summed E-state index contributed by atoms with van der Waals surface area (Å²) in [6, 6.07) is 6.72. The highest BCUT2D eigenvalue weighted by atomic mass is 16.4. The summed E-state index contributed by atoms with van der Waals surface area (Å²) in [5.41, 5.74) is 1.57. The number of hydrogen-bond acceptors (Lipinski definition) is 4. The molecule has 1 aromatic carbocycles. The van der Waals surface area contributed by atoms with Crippen molar-refractivity contribution < 1.29 is 15.0 Å². The Balaban J connectivity index is 2.29. The lowest BCUT2D eigenvalue weighted by Crippen LogP contribution is -2.09. The van der Waals surface area contributed by atoms with Gasteiger partial charge in [-0.2, -0.15) is 0 Å². The molecule has 0 spiro atoms. The number of rotatable bonds is 5. The average Bonchev–Trinajstić information content (AvgIpc) is 2.76. The second kappa shape index (κ2) is 5.51.